The number of aromatic nitrogens is 2. The van der Waals surface area contributed by atoms with E-state index in [1.165, 1.54) is 0 Å². The number of hydrogen-bond acceptors (Lipinski definition) is 5. The first-order valence-corrected chi connectivity index (χ1v) is 8.98. The van der Waals surface area contributed by atoms with E-state index < -0.39 is 5.66 Å². The van der Waals surface area contributed by atoms with Gasteiger partial charge in [-0.25, -0.2) is 9.97 Å². The summed E-state index contributed by atoms with van der Waals surface area (Å²) in [5, 5.41) is 6.86. The molecule has 0 fully saturated rings. The van der Waals surface area contributed by atoms with Gasteiger partial charge in [-0.3, -0.25) is 5.32 Å². The molecule has 7 heteroatoms. The van der Waals surface area contributed by atoms with Crippen LogP contribution in [0.25, 0.3) is 0 Å². The average Bonchev–Trinajstić information content (AvgIpc) is 2.61. The number of rotatable bonds is 4. The lowest BCUT2D eigenvalue weighted by Crippen LogP contribution is -2.54. The molecule has 1 aliphatic heterocycles. The Hall–Kier alpha value is -1.70. The quantitative estimate of drug-likeness (QED) is 0.698. The van der Waals surface area contributed by atoms with Crippen molar-refractivity contribution in [1.29, 1.82) is 0 Å². The molecule has 0 aliphatic carbocycles. The van der Waals surface area contributed by atoms with Crippen molar-refractivity contribution in [2.45, 2.75) is 5.66 Å². The zero-order valence-corrected chi connectivity index (χ0v) is 16.5. The van der Waals surface area contributed by atoms with Crippen LogP contribution < -0.4 is 15.5 Å². The highest BCUT2D eigenvalue weighted by Crippen LogP contribution is 2.26. The van der Waals surface area contributed by atoms with Gasteiger partial charge in [-0.05, 0) is 75.3 Å². The number of nitrogens with one attached hydrogen (secondary N) is 2. The summed E-state index contributed by atoms with van der Waals surface area (Å²) < 4.78 is 1.59. The second-order valence-electron chi connectivity index (χ2n) is 5.32. The molecule has 0 radical (unpaired) electrons. The van der Waals surface area contributed by atoms with Gasteiger partial charge in [0.2, 0.25) is 0 Å². The Labute approximate surface area is 158 Å². The number of dihydropyridines is 1. The van der Waals surface area contributed by atoms with Crippen LogP contribution in [-0.4, -0.2) is 24.1 Å². The Morgan fingerprint density at radius 3 is 2.46 bits per heavy atom. The number of anilines is 1. The molecule has 124 valence electrons. The molecule has 2 N–H and O–H groups in total. The fourth-order valence-electron chi connectivity index (χ4n) is 2.52. The summed E-state index contributed by atoms with van der Waals surface area (Å²) >= 11 is 6.86. The second-order valence-corrected chi connectivity index (χ2v) is 6.94. The van der Waals surface area contributed by atoms with Crippen LogP contribution in [0.1, 0.15) is 5.69 Å². The third-order valence-electron chi connectivity index (χ3n) is 3.84. The molecular weight excluding hydrogens is 434 g/mol. The van der Waals surface area contributed by atoms with E-state index in [2.05, 4.69) is 52.5 Å². The predicted octanol–water partition coefficient (Wildman–Crippen LogP) is 3.51. The van der Waals surface area contributed by atoms with Crippen molar-refractivity contribution in [3.8, 4) is 0 Å². The van der Waals surface area contributed by atoms with Crippen LogP contribution in [0.15, 0.2) is 69.7 Å². The lowest BCUT2D eigenvalue weighted by Gasteiger charge is -2.37. The van der Waals surface area contributed by atoms with Gasteiger partial charge in [0.1, 0.15) is 20.8 Å². The standard InChI is InChI=1S/C17H17Br2N5/c1-20-17(12-6-3-7-13(18)21-12)11-5-10-16(23-17)24(2)15-9-4-8-14(19)22-15/h3-11,20,23H,1-2H3. The van der Waals surface area contributed by atoms with Gasteiger partial charge >= 0.3 is 0 Å². The minimum Gasteiger partial charge on any atom is -0.345 e. The van der Waals surface area contributed by atoms with E-state index >= 15 is 0 Å². The first-order valence-electron chi connectivity index (χ1n) is 7.40. The lowest BCUT2D eigenvalue weighted by molar-refractivity contribution is 0.373. The van der Waals surface area contributed by atoms with Crippen molar-refractivity contribution in [2.75, 3.05) is 19.0 Å². The van der Waals surface area contributed by atoms with Crippen LogP contribution >= 0.6 is 31.9 Å². The van der Waals surface area contributed by atoms with Crippen molar-refractivity contribution >= 4 is 37.7 Å². The van der Waals surface area contributed by atoms with Crippen molar-refractivity contribution in [3.63, 3.8) is 0 Å². The number of likely N-dealkylation sites (N-methyl/N-ethyl adjacent to an activating group) is 1. The summed E-state index contributed by atoms with van der Waals surface area (Å²) in [6, 6.07) is 11.7. The SMILES string of the molecule is CNC1(c2cccc(Br)n2)C=CC=C(N(C)c2cccc(Br)n2)N1. The maximum Gasteiger partial charge on any atom is 0.152 e. The molecule has 1 unspecified atom stereocenters. The van der Waals surface area contributed by atoms with Gasteiger partial charge in [0.25, 0.3) is 0 Å². The van der Waals surface area contributed by atoms with Gasteiger partial charge < -0.3 is 10.2 Å². The highest BCUT2D eigenvalue weighted by atomic mass is 79.9. The van der Waals surface area contributed by atoms with Crippen molar-refractivity contribution in [2.24, 2.45) is 0 Å². The Bertz CT molecular complexity index is 805. The normalized spacial score (nSPS) is 19.6. The van der Waals surface area contributed by atoms with Gasteiger partial charge in [-0.15, -0.1) is 0 Å². The van der Waals surface area contributed by atoms with E-state index in [1.54, 1.807) is 0 Å². The third kappa shape index (κ3) is 3.38. The van der Waals surface area contributed by atoms with Crippen LogP contribution in [0.5, 0.6) is 0 Å². The van der Waals surface area contributed by atoms with Crippen LogP contribution in [-0.2, 0) is 5.66 Å². The summed E-state index contributed by atoms with van der Waals surface area (Å²) in [4.78, 5) is 11.1. The summed E-state index contributed by atoms with van der Waals surface area (Å²) in [6.07, 6.45) is 6.07. The summed E-state index contributed by atoms with van der Waals surface area (Å²) in [7, 11) is 3.88. The first kappa shape index (κ1) is 17.1. The molecule has 0 saturated heterocycles. The molecule has 5 nitrogen and oxygen atoms in total. The van der Waals surface area contributed by atoms with Crippen LogP contribution in [0.3, 0.4) is 0 Å². The minimum atomic E-state index is -0.589. The fraction of sp³-hybridized carbons (Fsp3) is 0.176. The number of hydrogen-bond donors (Lipinski definition) is 2. The number of nitrogens with zero attached hydrogens (tertiary/aromatic N) is 3. The largest absolute Gasteiger partial charge is 0.345 e. The topological polar surface area (TPSA) is 53.1 Å². The molecule has 0 bridgehead atoms. The van der Waals surface area contributed by atoms with E-state index in [4.69, 9.17) is 0 Å². The van der Waals surface area contributed by atoms with Gasteiger partial charge in [0.15, 0.2) is 5.66 Å². The summed E-state index contributed by atoms with van der Waals surface area (Å²) in [5.41, 5.74) is 0.283. The Balaban J connectivity index is 1.93. The average molecular weight is 451 g/mol. The second kappa shape index (κ2) is 7.04. The van der Waals surface area contributed by atoms with E-state index in [1.807, 2.05) is 73.6 Å². The molecular formula is C17H17Br2N5. The number of allylic oxidation sites excluding steroid dienone is 2. The van der Waals surface area contributed by atoms with Gasteiger partial charge in [0.05, 0.1) is 5.69 Å². The molecule has 3 heterocycles. The molecule has 2 aromatic rings. The molecule has 1 aliphatic rings. The molecule has 2 aromatic heterocycles. The van der Waals surface area contributed by atoms with Gasteiger partial charge in [-0.2, -0.15) is 0 Å². The first-order chi connectivity index (χ1) is 11.5. The van der Waals surface area contributed by atoms with E-state index in [0.717, 1.165) is 26.5 Å². The smallest absolute Gasteiger partial charge is 0.152 e. The fourth-order valence-corrected chi connectivity index (χ4v) is 3.20. The third-order valence-corrected chi connectivity index (χ3v) is 4.73. The predicted molar refractivity (Wildman–Crippen MR) is 103 cm³/mol. The molecule has 0 amide bonds. The highest BCUT2D eigenvalue weighted by molar-refractivity contribution is 9.10. The summed E-state index contributed by atoms with van der Waals surface area (Å²) in [5.74, 6) is 1.75. The van der Waals surface area contributed by atoms with Crippen LogP contribution in [0, 0.1) is 0 Å². The Kier molecular flexibility index (Phi) is 5.03. The van der Waals surface area contributed by atoms with E-state index in [9.17, 15) is 0 Å². The molecule has 0 aromatic carbocycles. The maximum absolute atomic E-state index is 4.59. The zero-order valence-electron chi connectivity index (χ0n) is 13.3. The zero-order chi connectivity index (χ0) is 17.2. The van der Waals surface area contributed by atoms with Crippen molar-refractivity contribution in [3.05, 3.63) is 75.3 Å². The molecule has 0 saturated carbocycles. The van der Waals surface area contributed by atoms with Crippen molar-refractivity contribution in [1.82, 2.24) is 20.6 Å². The minimum absolute atomic E-state index is 0.589. The lowest BCUT2D eigenvalue weighted by atomic mass is 10.0. The van der Waals surface area contributed by atoms with E-state index in [-0.39, 0.29) is 0 Å². The maximum atomic E-state index is 4.59. The van der Waals surface area contributed by atoms with Crippen LogP contribution in [0.4, 0.5) is 5.82 Å². The Morgan fingerprint density at radius 2 is 1.79 bits per heavy atom. The van der Waals surface area contributed by atoms with Gasteiger partial charge in [-0.1, -0.05) is 18.2 Å². The molecule has 24 heavy (non-hydrogen) atoms. The van der Waals surface area contributed by atoms with Crippen LogP contribution in [0.2, 0.25) is 0 Å². The number of pyridine rings is 2. The molecule has 1 atom stereocenters. The molecule has 0 spiro atoms. The highest BCUT2D eigenvalue weighted by Gasteiger charge is 2.32. The van der Waals surface area contributed by atoms with E-state index in [0.29, 0.717) is 0 Å². The summed E-state index contributed by atoms with van der Waals surface area (Å²) in [6.45, 7) is 0. The molecule has 3 rings (SSSR count). The number of halogens is 2. The Morgan fingerprint density at radius 1 is 1.08 bits per heavy atom. The van der Waals surface area contributed by atoms with Gasteiger partial charge in [0, 0.05) is 7.05 Å². The monoisotopic (exact) mass is 449 g/mol. The van der Waals surface area contributed by atoms with Crippen molar-refractivity contribution < 1.29 is 0 Å².